The van der Waals surface area contributed by atoms with Crippen molar-refractivity contribution in [2.45, 2.75) is 6.92 Å². The third-order valence-corrected chi connectivity index (χ3v) is 4.61. The van der Waals surface area contributed by atoms with Gasteiger partial charge in [-0.15, -0.1) is 0 Å². The molecule has 1 aliphatic rings. The summed E-state index contributed by atoms with van der Waals surface area (Å²) in [4.78, 5) is 38.3. The fraction of sp³-hybridized carbons (Fsp3) is 0.150. The number of ether oxygens (including phenoxy) is 2. The first-order valence-corrected chi connectivity index (χ1v) is 9.21. The van der Waals surface area contributed by atoms with Crippen LogP contribution in [0.3, 0.4) is 0 Å². The predicted octanol–water partition coefficient (Wildman–Crippen LogP) is 3.52. The highest BCUT2D eigenvalue weighted by Crippen LogP contribution is 2.28. The predicted molar refractivity (Wildman–Crippen MR) is 107 cm³/mol. The average Bonchev–Trinajstić information content (AvgIpc) is 2.67. The van der Waals surface area contributed by atoms with Crippen molar-refractivity contribution in [2.75, 3.05) is 18.6 Å². The molecule has 4 amide bonds. The number of nitrogens with one attached hydrogen (secondary N) is 1. The van der Waals surface area contributed by atoms with E-state index in [-0.39, 0.29) is 5.57 Å². The number of methoxy groups -OCH3 is 1. The summed E-state index contributed by atoms with van der Waals surface area (Å²) in [5.41, 5.74) is 0.790. The Hall–Kier alpha value is -3.13. The third-order valence-electron chi connectivity index (χ3n) is 3.99. The summed E-state index contributed by atoms with van der Waals surface area (Å²) in [7, 11) is 1.54. The number of carbonyl (C=O) groups is 3. The SMILES string of the molecule is CCOc1ccc(N2C(=O)NC(=O)C(=Cc3ccc(OC)c(Br)c3)C2=O)cc1. The molecular formula is C20H17BrN2O5. The van der Waals surface area contributed by atoms with Gasteiger partial charge in [0, 0.05) is 0 Å². The van der Waals surface area contributed by atoms with Crippen molar-refractivity contribution in [3.8, 4) is 11.5 Å². The lowest BCUT2D eigenvalue weighted by atomic mass is 10.1. The summed E-state index contributed by atoms with van der Waals surface area (Å²) in [5, 5.41) is 2.20. The van der Waals surface area contributed by atoms with Gasteiger partial charge in [0.05, 0.1) is 23.9 Å². The van der Waals surface area contributed by atoms with Crippen molar-refractivity contribution in [2.24, 2.45) is 0 Å². The summed E-state index contributed by atoms with van der Waals surface area (Å²) in [6.45, 7) is 2.36. The molecule has 2 aromatic carbocycles. The van der Waals surface area contributed by atoms with Gasteiger partial charge in [-0.25, -0.2) is 9.69 Å². The number of hydrogen-bond donors (Lipinski definition) is 1. The fourth-order valence-corrected chi connectivity index (χ4v) is 3.25. The highest BCUT2D eigenvalue weighted by Gasteiger charge is 2.36. The Kier molecular flexibility index (Phi) is 5.79. The molecule has 0 radical (unpaired) electrons. The molecule has 7 nitrogen and oxygen atoms in total. The van der Waals surface area contributed by atoms with E-state index in [1.165, 1.54) is 13.2 Å². The zero-order valence-corrected chi connectivity index (χ0v) is 16.8. The lowest BCUT2D eigenvalue weighted by Crippen LogP contribution is -2.54. The number of benzene rings is 2. The van der Waals surface area contributed by atoms with E-state index >= 15 is 0 Å². The van der Waals surface area contributed by atoms with E-state index in [4.69, 9.17) is 9.47 Å². The van der Waals surface area contributed by atoms with E-state index in [0.717, 1.165) is 4.90 Å². The maximum Gasteiger partial charge on any atom is 0.335 e. The summed E-state index contributed by atoms with van der Waals surface area (Å²) in [5.74, 6) is -0.215. The molecule has 0 saturated carbocycles. The van der Waals surface area contributed by atoms with Gasteiger partial charge < -0.3 is 9.47 Å². The summed E-state index contributed by atoms with van der Waals surface area (Å²) < 4.78 is 11.2. The smallest absolute Gasteiger partial charge is 0.335 e. The van der Waals surface area contributed by atoms with Gasteiger partial charge in [-0.1, -0.05) is 6.07 Å². The molecular weight excluding hydrogens is 428 g/mol. The first-order chi connectivity index (χ1) is 13.4. The van der Waals surface area contributed by atoms with Gasteiger partial charge >= 0.3 is 6.03 Å². The lowest BCUT2D eigenvalue weighted by Gasteiger charge is -2.26. The van der Waals surface area contributed by atoms with E-state index in [2.05, 4.69) is 21.2 Å². The molecule has 28 heavy (non-hydrogen) atoms. The highest BCUT2D eigenvalue weighted by atomic mass is 79.9. The topological polar surface area (TPSA) is 84.9 Å². The lowest BCUT2D eigenvalue weighted by molar-refractivity contribution is -0.122. The number of nitrogens with zero attached hydrogens (tertiary/aromatic N) is 1. The second kappa shape index (κ2) is 8.26. The van der Waals surface area contributed by atoms with Gasteiger partial charge in [-0.2, -0.15) is 0 Å². The van der Waals surface area contributed by atoms with Crippen LogP contribution in [0.4, 0.5) is 10.5 Å². The molecule has 0 spiro atoms. The molecule has 1 heterocycles. The van der Waals surface area contributed by atoms with Crippen LogP contribution in [-0.4, -0.2) is 31.6 Å². The zero-order valence-electron chi connectivity index (χ0n) is 15.2. The number of imide groups is 2. The minimum atomic E-state index is -0.799. The summed E-state index contributed by atoms with van der Waals surface area (Å²) in [6.07, 6.45) is 1.43. The van der Waals surface area contributed by atoms with Crippen LogP contribution in [0, 0.1) is 0 Å². The van der Waals surface area contributed by atoms with Crippen LogP contribution in [0.2, 0.25) is 0 Å². The Labute approximate surface area is 170 Å². The Balaban J connectivity index is 1.94. The van der Waals surface area contributed by atoms with Crippen molar-refractivity contribution < 1.29 is 23.9 Å². The zero-order chi connectivity index (χ0) is 20.3. The third kappa shape index (κ3) is 3.91. The number of amides is 4. The molecule has 0 unspecified atom stereocenters. The van der Waals surface area contributed by atoms with Crippen LogP contribution in [0.5, 0.6) is 11.5 Å². The van der Waals surface area contributed by atoms with Crippen molar-refractivity contribution in [1.29, 1.82) is 0 Å². The number of barbiturate groups is 1. The maximum atomic E-state index is 12.9. The van der Waals surface area contributed by atoms with Crippen LogP contribution in [0.25, 0.3) is 6.08 Å². The number of rotatable bonds is 5. The van der Waals surface area contributed by atoms with Gasteiger partial charge in [-0.3, -0.25) is 14.9 Å². The Morgan fingerprint density at radius 2 is 1.82 bits per heavy atom. The molecule has 3 rings (SSSR count). The Bertz CT molecular complexity index is 969. The van der Waals surface area contributed by atoms with Gasteiger partial charge in [-0.05, 0) is 70.9 Å². The van der Waals surface area contributed by atoms with Gasteiger partial charge in [0.15, 0.2) is 0 Å². The molecule has 144 valence electrons. The Morgan fingerprint density at radius 3 is 2.43 bits per heavy atom. The monoisotopic (exact) mass is 444 g/mol. The quantitative estimate of drug-likeness (QED) is 0.563. The van der Waals surface area contributed by atoms with E-state index in [9.17, 15) is 14.4 Å². The molecule has 1 N–H and O–H groups in total. The van der Waals surface area contributed by atoms with E-state index in [1.807, 2.05) is 6.92 Å². The normalized spacial score (nSPS) is 15.6. The number of anilines is 1. The Morgan fingerprint density at radius 1 is 1.11 bits per heavy atom. The first-order valence-electron chi connectivity index (χ1n) is 8.42. The van der Waals surface area contributed by atoms with Crippen LogP contribution in [0.1, 0.15) is 12.5 Å². The summed E-state index contributed by atoms with van der Waals surface area (Å²) in [6, 6.07) is 10.8. The molecule has 0 bridgehead atoms. The minimum Gasteiger partial charge on any atom is -0.496 e. The van der Waals surface area contributed by atoms with E-state index in [1.54, 1.807) is 42.5 Å². The van der Waals surface area contributed by atoms with Gasteiger partial charge in [0.25, 0.3) is 11.8 Å². The number of halogens is 1. The highest BCUT2D eigenvalue weighted by molar-refractivity contribution is 9.10. The molecule has 8 heteroatoms. The molecule has 1 aliphatic heterocycles. The van der Waals surface area contributed by atoms with Crippen LogP contribution in [0.15, 0.2) is 52.5 Å². The van der Waals surface area contributed by atoms with Crippen LogP contribution < -0.4 is 19.7 Å². The average molecular weight is 445 g/mol. The van der Waals surface area contributed by atoms with Crippen molar-refractivity contribution in [3.05, 3.63) is 58.1 Å². The van der Waals surface area contributed by atoms with Crippen molar-refractivity contribution in [1.82, 2.24) is 5.32 Å². The van der Waals surface area contributed by atoms with Crippen molar-refractivity contribution >= 4 is 45.5 Å². The number of urea groups is 1. The standard InChI is InChI=1S/C20H17BrN2O5/c1-3-28-14-7-5-13(6-8-14)23-19(25)15(18(24)22-20(23)26)10-12-4-9-17(27-2)16(21)11-12/h4-11H,3H2,1-2H3,(H,22,24,26). The molecule has 0 atom stereocenters. The minimum absolute atomic E-state index is 0.148. The van der Waals surface area contributed by atoms with Crippen molar-refractivity contribution in [3.63, 3.8) is 0 Å². The molecule has 0 aliphatic carbocycles. The maximum absolute atomic E-state index is 12.9. The molecule has 1 saturated heterocycles. The fourth-order valence-electron chi connectivity index (χ4n) is 2.69. The number of hydrogen-bond acceptors (Lipinski definition) is 5. The summed E-state index contributed by atoms with van der Waals surface area (Å²) >= 11 is 3.36. The van der Waals surface area contributed by atoms with Crippen LogP contribution in [-0.2, 0) is 9.59 Å². The largest absolute Gasteiger partial charge is 0.496 e. The van der Waals surface area contributed by atoms with E-state index in [0.29, 0.717) is 33.8 Å². The second-order valence-electron chi connectivity index (χ2n) is 5.78. The molecule has 1 fully saturated rings. The van der Waals surface area contributed by atoms with Gasteiger partial charge in [0.1, 0.15) is 17.1 Å². The van der Waals surface area contributed by atoms with E-state index < -0.39 is 17.8 Å². The van der Waals surface area contributed by atoms with Gasteiger partial charge in [0.2, 0.25) is 0 Å². The molecule has 2 aromatic rings. The second-order valence-corrected chi connectivity index (χ2v) is 6.63. The molecule has 0 aromatic heterocycles. The number of carbonyl (C=O) groups excluding carboxylic acids is 3. The first kappa shape index (κ1) is 19.6. The van der Waals surface area contributed by atoms with Crippen LogP contribution >= 0.6 is 15.9 Å².